The van der Waals surface area contributed by atoms with Gasteiger partial charge in [-0.15, -0.1) is 0 Å². The highest BCUT2D eigenvalue weighted by atomic mass is 16.5. The minimum absolute atomic E-state index is 0.0615. The zero-order valence-electron chi connectivity index (χ0n) is 15.1. The summed E-state index contributed by atoms with van der Waals surface area (Å²) in [6.07, 6.45) is 2.74. The van der Waals surface area contributed by atoms with Crippen LogP contribution in [0.15, 0.2) is 85.1 Å². The Hall–Kier alpha value is -3.24. The summed E-state index contributed by atoms with van der Waals surface area (Å²) in [6.45, 7) is 0.460. The number of ether oxygens (including phenoxy) is 1. The number of fused-ring (bicyclic) bond motifs is 1. The third kappa shape index (κ3) is 4.13. The van der Waals surface area contributed by atoms with E-state index >= 15 is 0 Å². The minimum Gasteiger partial charge on any atom is -0.490 e. The molecule has 0 amide bonds. The summed E-state index contributed by atoms with van der Waals surface area (Å²) < 4.78 is 6.04. The fourth-order valence-corrected chi connectivity index (χ4v) is 3.21. The standard InChI is InChI=1S/C23H23N3O/c24-18(15-17-7-2-1-3-8-17)16-27-23-12-5-4-9-22(23)26-21-11-6-10-20-19(21)13-14-25-20/h1-14,18,25-26H,15-16,24H2/t18-/m1/s1. The van der Waals surface area contributed by atoms with Gasteiger partial charge in [0.1, 0.15) is 12.4 Å². The van der Waals surface area contributed by atoms with Gasteiger partial charge in [0.2, 0.25) is 0 Å². The SMILES string of the molecule is N[C@@H](COc1ccccc1Nc1cccc2[nH]ccc12)Cc1ccccc1. The van der Waals surface area contributed by atoms with Gasteiger partial charge < -0.3 is 20.8 Å². The van der Waals surface area contributed by atoms with E-state index in [-0.39, 0.29) is 6.04 Å². The van der Waals surface area contributed by atoms with Crippen molar-refractivity contribution in [2.75, 3.05) is 11.9 Å². The van der Waals surface area contributed by atoms with Gasteiger partial charge in [0.15, 0.2) is 0 Å². The van der Waals surface area contributed by atoms with E-state index in [0.717, 1.165) is 34.4 Å². The van der Waals surface area contributed by atoms with E-state index in [1.165, 1.54) is 5.56 Å². The van der Waals surface area contributed by atoms with Crippen LogP contribution >= 0.6 is 0 Å². The van der Waals surface area contributed by atoms with Crippen LogP contribution in [-0.2, 0) is 6.42 Å². The lowest BCUT2D eigenvalue weighted by molar-refractivity contribution is 0.289. The van der Waals surface area contributed by atoms with Crippen molar-refractivity contribution in [2.45, 2.75) is 12.5 Å². The monoisotopic (exact) mass is 357 g/mol. The summed E-state index contributed by atoms with van der Waals surface area (Å²) >= 11 is 0. The van der Waals surface area contributed by atoms with Gasteiger partial charge in [-0.25, -0.2) is 0 Å². The molecule has 0 saturated carbocycles. The number of rotatable bonds is 7. The summed E-state index contributed by atoms with van der Waals surface area (Å²) in [6, 6.07) is 26.4. The molecule has 0 aliphatic heterocycles. The largest absolute Gasteiger partial charge is 0.490 e. The van der Waals surface area contributed by atoms with Gasteiger partial charge in [-0.1, -0.05) is 48.5 Å². The molecule has 0 radical (unpaired) electrons. The third-order valence-electron chi connectivity index (χ3n) is 4.54. The van der Waals surface area contributed by atoms with E-state index in [2.05, 4.69) is 40.6 Å². The molecule has 27 heavy (non-hydrogen) atoms. The molecule has 4 aromatic rings. The quantitative estimate of drug-likeness (QED) is 0.442. The van der Waals surface area contributed by atoms with E-state index in [1.807, 2.05) is 54.7 Å². The first-order valence-corrected chi connectivity index (χ1v) is 9.14. The third-order valence-corrected chi connectivity index (χ3v) is 4.54. The van der Waals surface area contributed by atoms with Crippen molar-refractivity contribution in [3.63, 3.8) is 0 Å². The summed E-state index contributed by atoms with van der Waals surface area (Å²) in [7, 11) is 0. The van der Waals surface area contributed by atoms with Crippen LogP contribution in [0.5, 0.6) is 5.75 Å². The first kappa shape index (κ1) is 17.2. The smallest absolute Gasteiger partial charge is 0.142 e. The summed E-state index contributed by atoms with van der Waals surface area (Å²) in [4.78, 5) is 3.24. The molecule has 4 heteroatoms. The molecule has 0 bridgehead atoms. The Kier molecular flexibility index (Phi) is 5.08. The van der Waals surface area contributed by atoms with Gasteiger partial charge in [0.25, 0.3) is 0 Å². The second kappa shape index (κ2) is 7.98. The van der Waals surface area contributed by atoms with Crippen molar-refractivity contribution in [3.8, 4) is 5.75 Å². The topological polar surface area (TPSA) is 63.1 Å². The van der Waals surface area contributed by atoms with Crippen molar-refractivity contribution in [1.82, 2.24) is 4.98 Å². The first-order chi connectivity index (χ1) is 13.3. The van der Waals surface area contributed by atoms with Crippen LogP contribution in [0.3, 0.4) is 0 Å². The predicted octanol–water partition coefficient (Wildman–Crippen LogP) is 4.86. The molecule has 1 heterocycles. The lowest BCUT2D eigenvalue weighted by Gasteiger charge is -2.17. The van der Waals surface area contributed by atoms with Crippen molar-refractivity contribution < 1.29 is 4.74 Å². The van der Waals surface area contributed by atoms with Crippen molar-refractivity contribution >= 4 is 22.3 Å². The summed E-state index contributed by atoms with van der Waals surface area (Å²) in [5, 5.41) is 4.64. The van der Waals surface area contributed by atoms with Gasteiger partial charge in [-0.3, -0.25) is 0 Å². The van der Waals surface area contributed by atoms with Crippen LogP contribution in [0.25, 0.3) is 10.9 Å². The maximum atomic E-state index is 6.27. The van der Waals surface area contributed by atoms with Crippen molar-refractivity contribution in [2.24, 2.45) is 5.73 Å². The Morgan fingerprint density at radius 1 is 0.852 bits per heavy atom. The number of H-pyrrole nitrogens is 1. The zero-order chi connectivity index (χ0) is 18.5. The Balaban J connectivity index is 1.46. The Bertz CT molecular complexity index is 1010. The lowest BCUT2D eigenvalue weighted by Crippen LogP contribution is -2.30. The number of nitrogens with two attached hydrogens (primary N) is 1. The second-order valence-corrected chi connectivity index (χ2v) is 6.63. The molecule has 4 nitrogen and oxygen atoms in total. The minimum atomic E-state index is -0.0615. The molecule has 0 aliphatic carbocycles. The molecular weight excluding hydrogens is 334 g/mol. The van der Waals surface area contributed by atoms with E-state index in [1.54, 1.807) is 0 Å². The molecule has 1 atom stereocenters. The molecule has 0 fully saturated rings. The Morgan fingerprint density at radius 3 is 2.52 bits per heavy atom. The number of hydrogen-bond donors (Lipinski definition) is 3. The number of anilines is 2. The normalized spacial score (nSPS) is 12.0. The highest BCUT2D eigenvalue weighted by Gasteiger charge is 2.09. The average Bonchev–Trinajstić information content (AvgIpc) is 3.18. The van der Waals surface area contributed by atoms with E-state index in [4.69, 9.17) is 10.5 Å². The summed E-state index contributed by atoms with van der Waals surface area (Å²) in [5.41, 5.74) is 10.6. The molecule has 136 valence electrons. The molecule has 0 saturated heterocycles. The Labute approximate surface area is 159 Å². The van der Waals surface area contributed by atoms with E-state index in [0.29, 0.717) is 6.61 Å². The predicted molar refractivity (Wildman–Crippen MR) is 112 cm³/mol. The zero-order valence-corrected chi connectivity index (χ0v) is 15.1. The van der Waals surface area contributed by atoms with Crippen LogP contribution in [0, 0.1) is 0 Å². The maximum absolute atomic E-state index is 6.27. The lowest BCUT2D eigenvalue weighted by atomic mass is 10.1. The number of nitrogens with one attached hydrogen (secondary N) is 2. The molecule has 4 N–H and O–H groups in total. The van der Waals surface area contributed by atoms with Crippen molar-refractivity contribution in [1.29, 1.82) is 0 Å². The number of benzene rings is 3. The molecule has 0 unspecified atom stereocenters. The number of para-hydroxylation sites is 2. The molecular formula is C23H23N3O. The van der Waals surface area contributed by atoms with Gasteiger partial charge in [-0.05, 0) is 42.3 Å². The molecule has 3 aromatic carbocycles. The highest BCUT2D eigenvalue weighted by Crippen LogP contribution is 2.31. The summed E-state index contributed by atoms with van der Waals surface area (Å²) in [5.74, 6) is 0.800. The van der Waals surface area contributed by atoms with Crippen LogP contribution in [-0.4, -0.2) is 17.6 Å². The average molecular weight is 357 g/mol. The van der Waals surface area contributed by atoms with Gasteiger partial charge in [0, 0.05) is 28.8 Å². The first-order valence-electron chi connectivity index (χ1n) is 9.14. The van der Waals surface area contributed by atoms with Crippen LogP contribution < -0.4 is 15.8 Å². The molecule has 0 aliphatic rings. The second-order valence-electron chi connectivity index (χ2n) is 6.63. The van der Waals surface area contributed by atoms with Gasteiger partial charge in [0.05, 0.1) is 5.69 Å². The highest BCUT2D eigenvalue weighted by molar-refractivity contribution is 5.94. The van der Waals surface area contributed by atoms with E-state index in [9.17, 15) is 0 Å². The van der Waals surface area contributed by atoms with E-state index < -0.39 is 0 Å². The maximum Gasteiger partial charge on any atom is 0.142 e. The number of hydrogen-bond acceptors (Lipinski definition) is 3. The van der Waals surface area contributed by atoms with Crippen LogP contribution in [0.2, 0.25) is 0 Å². The molecule has 4 rings (SSSR count). The molecule has 1 aromatic heterocycles. The number of aromatic nitrogens is 1. The van der Waals surface area contributed by atoms with Gasteiger partial charge in [-0.2, -0.15) is 0 Å². The van der Waals surface area contributed by atoms with Crippen LogP contribution in [0.4, 0.5) is 11.4 Å². The fourth-order valence-electron chi connectivity index (χ4n) is 3.21. The van der Waals surface area contributed by atoms with Gasteiger partial charge >= 0.3 is 0 Å². The van der Waals surface area contributed by atoms with Crippen molar-refractivity contribution in [3.05, 3.63) is 90.6 Å². The van der Waals surface area contributed by atoms with Crippen LogP contribution in [0.1, 0.15) is 5.56 Å². The number of aromatic amines is 1. The Morgan fingerprint density at radius 2 is 1.63 bits per heavy atom. The fraction of sp³-hybridized carbons (Fsp3) is 0.130. The molecule has 0 spiro atoms.